The number of rotatable bonds is 4. The Kier molecular flexibility index (Phi) is 6.05. The summed E-state index contributed by atoms with van der Waals surface area (Å²) in [6.45, 7) is 7.85. The minimum Gasteiger partial charge on any atom is -0.341 e. The maximum atomic E-state index is 13.9. The van der Waals surface area contributed by atoms with Gasteiger partial charge in [-0.2, -0.15) is 0 Å². The van der Waals surface area contributed by atoms with Crippen molar-refractivity contribution in [3.8, 4) is 11.4 Å². The minimum absolute atomic E-state index is 0.0803. The van der Waals surface area contributed by atoms with Gasteiger partial charge in [0.05, 0.1) is 5.69 Å². The number of imidazole rings is 1. The fourth-order valence-corrected chi connectivity index (χ4v) is 4.32. The number of benzene rings is 1. The van der Waals surface area contributed by atoms with Crippen LogP contribution < -0.4 is 5.32 Å². The third-order valence-corrected chi connectivity index (χ3v) is 6.32. The molecule has 172 valence electrons. The molecule has 0 spiro atoms. The molecule has 0 radical (unpaired) electrons. The summed E-state index contributed by atoms with van der Waals surface area (Å²) >= 11 is 0. The Labute approximate surface area is 187 Å². The first-order valence-electron chi connectivity index (χ1n) is 11.3. The summed E-state index contributed by atoms with van der Waals surface area (Å²) in [6, 6.07) is 2.99. The Hall–Kier alpha value is -2.77. The van der Waals surface area contributed by atoms with Gasteiger partial charge in [0.2, 0.25) is 5.91 Å². The van der Waals surface area contributed by atoms with Crippen molar-refractivity contribution in [3.05, 3.63) is 41.2 Å². The lowest BCUT2D eigenvalue weighted by Gasteiger charge is -2.38. The van der Waals surface area contributed by atoms with Gasteiger partial charge in [-0.05, 0) is 49.3 Å². The Morgan fingerprint density at radius 2 is 1.78 bits per heavy atom. The average Bonchev–Trinajstić information content (AvgIpc) is 2.87. The van der Waals surface area contributed by atoms with Crippen LogP contribution in [0, 0.1) is 17.0 Å². The number of likely N-dealkylation sites (tertiary alicyclic amines) is 1. The molecule has 0 aliphatic carbocycles. The zero-order valence-corrected chi connectivity index (χ0v) is 18.9. The van der Waals surface area contributed by atoms with E-state index in [1.54, 1.807) is 4.90 Å². The first kappa shape index (κ1) is 22.4. The van der Waals surface area contributed by atoms with E-state index in [2.05, 4.69) is 10.3 Å². The van der Waals surface area contributed by atoms with Crippen LogP contribution in [0.2, 0.25) is 0 Å². The molecule has 2 aromatic rings. The zero-order chi connectivity index (χ0) is 23.0. The van der Waals surface area contributed by atoms with E-state index < -0.39 is 29.0 Å². The van der Waals surface area contributed by atoms with Gasteiger partial charge in [-0.25, -0.2) is 13.8 Å². The number of nitrogens with one attached hydrogen (secondary N) is 1. The van der Waals surface area contributed by atoms with Crippen molar-refractivity contribution in [3.63, 3.8) is 0 Å². The standard InChI is InChI=1S/C24H30F2N4O2/c1-24(2,3)20(23(32)29-11-7-12-29)28-22(31)19-18-8-5-4-6-13-30(18)21(27-19)15-9-10-16(25)17(26)14-15/h9-10,14,20H,4-8,11-13H2,1-3H3,(H,28,31)/t20-/m1/s1. The molecular weight excluding hydrogens is 414 g/mol. The molecule has 1 aromatic carbocycles. The van der Waals surface area contributed by atoms with E-state index in [4.69, 9.17) is 0 Å². The van der Waals surface area contributed by atoms with Gasteiger partial charge >= 0.3 is 0 Å². The average molecular weight is 445 g/mol. The zero-order valence-electron chi connectivity index (χ0n) is 18.9. The van der Waals surface area contributed by atoms with Gasteiger partial charge in [-0.15, -0.1) is 0 Å². The highest BCUT2D eigenvalue weighted by Gasteiger charge is 2.38. The van der Waals surface area contributed by atoms with E-state index in [1.807, 2.05) is 25.3 Å². The smallest absolute Gasteiger partial charge is 0.272 e. The molecule has 2 amide bonds. The van der Waals surface area contributed by atoms with E-state index in [0.29, 0.717) is 37.4 Å². The number of amides is 2. The number of carbonyl (C=O) groups is 2. The summed E-state index contributed by atoms with van der Waals surface area (Å²) in [5.41, 5.74) is 0.998. The number of fused-ring (bicyclic) bond motifs is 1. The lowest BCUT2D eigenvalue weighted by molar-refractivity contribution is -0.139. The maximum Gasteiger partial charge on any atom is 0.272 e. The van der Waals surface area contributed by atoms with Crippen molar-refractivity contribution in [2.75, 3.05) is 13.1 Å². The van der Waals surface area contributed by atoms with E-state index in [1.165, 1.54) is 6.07 Å². The Balaban J connectivity index is 1.70. The van der Waals surface area contributed by atoms with Gasteiger partial charge in [-0.1, -0.05) is 27.2 Å². The third kappa shape index (κ3) is 4.27. The van der Waals surface area contributed by atoms with E-state index >= 15 is 0 Å². The molecule has 1 N–H and O–H groups in total. The van der Waals surface area contributed by atoms with Crippen LogP contribution in [0.4, 0.5) is 8.78 Å². The highest BCUT2D eigenvalue weighted by molar-refractivity contribution is 5.98. The molecular formula is C24H30F2N4O2. The minimum atomic E-state index is -0.951. The molecule has 2 aliphatic rings. The molecule has 1 atom stereocenters. The van der Waals surface area contributed by atoms with Crippen LogP contribution in [-0.2, 0) is 17.8 Å². The monoisotopic (exact) mass is 444 g/mol. The van der Waals surface area contributed by atoms with Crippen molar-refractivity contribution in [1.29, 1.82) is 0 Å². The molecule has 6 nitrogen and oxygen atoms in total. The maximum absolute atomic E-state index is 13.9. The first-order valence-corrected chi connectivity index (χ1v) is 11.3. The van der Waals surface area contributed by atoms with E-state index in [9.17, 15) is 18.4 Å². The van der Waals surface area contributed by atoms with E-state index in [0.717, 1.165) is 43.5 Å². The van der Waals surface area contributed by atoms with Gasteiger partial charge < -0.3 is 14.8 Å². The number of aromatic nitrogens is 2. The molecule has 0 unspecified atom stereocenters. The molecule has 3 heterocycles. The lowest BCUT2D eigenvalue weighted by atomic mass is 9.85. The lowest BCUT2D eigenvalue weighted by Crippen LogP contribution is -2.57. The SMILES string of the molecule is CC(C)(C)[C@H](NC(=O)c1nc(-c2ccc(F)c(F)c2)n2c1CCCCC2)C(=O)N1CCC1. The van der Waals surface area contributed by atoms with Gasteiger partial charge in [-0.3, -0.25) is 9.59 Å². The van der Waals surface area contributed by atoms with Crippen LogP contribution in [-0.4, -0.2) is 45.4 Å². The number of hydrogen-bond donors (Lipinski definition) is 1. The summed E-state index contributed by atoms with van der Waals surface area (Å²) in [7, 11) is 0. The number of halogens is 2. The van der Waals surface area contributed by atoms with Crippen molar-refractivity contribution in [2.45, 2.75) is 65.5 Å². The van der Waals surface area contributed by atoms with Crippen molar-refractivity contribution < 1.29 is 18.4 Å². The van der Waals surface area contributed by atoms with Crippen molar-refractivity contribution in [1.82, 2.24) is 19.8 Å². The van der Waals surface area contributed by atoms with Crippen LogP contribution in [0.5, 0.6) is 0 Å². The summed E-state index contributed by atoms with van der Waals surface area (Å²) in [5, 5.41) is 2.94. The van der Waals surface area contributed by atoms with Gasteiger partial charge in [0.1, 0.15) is 17.6 Å². The fourth-order valence-electron chi connectivity index (χ4n) is 4.32. The Morgan fingerprint density at radius 3 is 2.41 bits per heavy atom. The van der Waals surface area contributed by atoms with Gasteiger partial charge in [0, 0.05) is 25.2 Å². The molecule has 1 aromatic heterocycles. The molecule has 32 heavy (non-hydrogen) atoms. The molecule has 1 saturated heterocycles. The normalized spacial score (nSPS) is 17.2. The number of nitrogens with zero attached hydrogens (tertiary/aromatic N) is 3. The highest BCUT2D eigenvalue weighted by atomic mass is 19.2. The summed E-state index contributed by atoms with van der Waals surface area (Å²) in [4.78, 5) is 32.7. The Bertz CT molecular complexity index is 1040. The molecule has 1 fully saturated rings. The van der Waals surface area contributed by atoms with Crippen LogP contribution in [0.3, 0.4) is 0 Å². The van der Waals surface area contributed by atoms with Gasteiger partial charge in [0.15, 0.2) is 11.6 Å². The summed E-state index contributed by atoms with van der Waals surface area (Å²) in [5.74, 6) is -1.91. The molecule has 4 rings (SSSR count). The number of hydrogen-bond acceptors (Lipinski definition) is 3. The van der Waals surface area contributed by atoms with Crippen LogP contribution in [0.25, 0.3) is 11.4 Å². The quantitative estimate of drug-likeness (QED) is 0.777. The molecule has 0 bridgehead atoms. The van der Waals surface area contributed by atoms with Gasteiger partial charge in [0.25, 0.3) is 5.91 Å². The fraction of sp³-hybridized carbons (Fsp3) is 0.542. The predicted molar refractivity (Wildman–Crippen MR) is 117 cm³/mol. The second-order valence-corrected chi connectivity index (χ2v) is 9.77. The summed E-state index contributed by atoms with van der Waals surface area (Å²) < 4.78 is 29.3. The van der Waals surface area contributed by atoms with Crippen LogP contribution in [0.1, 0.15) is 62.6 Å². The number of carbonyl (C=O) groups excluding carboxylic acids is 2. The van der Waals surface area contributed by atoms with Crippen LogP contribution in [0.15, 0.2) is 18.2 Å². The van der Waals surface area contributed by atoms with Crippen molar-refractivity contribution >= 4 is 11.8 Å². The molecule has 8 heteroatoms. The second kappa shape index (κ2) is 8.64. The third-order valence-electron chi connectivity index (χ3n) is 6.32. The topological polar surface area (TPSA) is 67.2 Å². The summed E-state index contributed by atoms with van der Waals surface area (Å²) in [6.07, 6.45) is 4.48. The molecule has 0 saturated carbocycles. The molecule has 2 aliphatic heterocycles. The van der Waals surface area contributed by atoms with E-state index in [-0.39, 0.29) is 11.6 Å². The highest BCUT2D eigenvalue weighted by Crippen LogP contribution is 2.29. The predicted octanol–water partition coefficient (Wildman–Crippen LogP) is 3.93. The Morgan fingerprint density at radius 1 is 1.03 bits per heavy atom. The largest absolute Gasteiger partial charge is 0.341 e. The second-order valence-electron chi connectivity index (χ2n) is 9.77. The van der Waals surface area contributed by atoms with Crippen molar-refractivity contribution in [2.24, 2.45) is 5.41 Å². The van der Waals surface area contributed by atoms with Crippen LogP contribution >= 0.6 is 0 Å². The first-order chi connectivity index (χ1) is 15.2.